The van der Waals surface area contributed by atoms with Gasteiger partial charge in [-0.15, -0.1) is 24.0 Å². The number of sulfonamides is 1. The third-order valence-corrected chi connectivity index (χ3v) is 7.78. The zero-order valence-electron chi connectivity index (χ0n) is 17.7. The lowest BCUT2D eigenvalue weighted by atomic mass is 10.00. The average molecular weight is 535 g/mol. The minimum absolute atomic E-state index is 0. The van der Waals surface area contributed by atoms with Crippen molar-refractivity contribution < 1.29 is 8.42 Å². The first kappa shape index (κ1) is 24.4. The summed E-state index contributed by atoms with van der Waals surface area (Å²) in [6, 6.07) is 7.30. The standard InChI is InChI=1S/C20H33N5O2S.HI/c1-17-8-10-24(11-9-17)20(21-2)22-16-18-6-4-5-7-19(18)28(26,27)25-14-12-23(3)13-15-25;/h4-7,17H,8-16H2,1-3H3,(H,21,22);1H. The molecule has 2 heterocycles. The number of benzene rings is 1. The molecule has 7 nitrogen and oxygen atoms in total. The minimum atomic E-state index is -3.49. The molecule has 2 aliphatic heterocycles. The SMILES string of the molecule is CN=C(NCc1ccccc1S(=O)(=O)N1CCN(C)CC1)N1CCC(C)CC1.I. The van der Waals surface area contributed by atoms with Gasteiger partial charge >= 0.3 is 0 Å². The molecule has 164 valence electrons. The third-order valence-electron chi connectivity index (χ3n) is 5.78. The van der Waals surface area contributed by atoms with Gasteiger partial charge in [-0.3, -0.25) is 4.99 Å². The van der Waals surface area contributed by atoms with Gasteiger partial charge in [-0.1, -0.05) is 25.1 Å². The fraction of sp³-hybridized carbons (Fsp3) is 0.650. The second kappa shape index (κ2) is 10.9. The van der Waals surface area contributed by atoms with Gasteiger partial charge < -0.3 is 15.1 Å². The highest BCUT2D eigenvalue weighted by Crippen LogP contribution is 2.22. The molecule has 0 spiro atoms. The first-order valence-corrected chi connectivity index (χ1v) is 11.6. The zero-order valence-corrected chi connectivity index (χ0v) is 20.8. The van der Waals surface area contributed by atoms with E-state index in [0.717, 1.165) is 56.5 Å². The van der Waals surface area contributed by atoms with E-state index >= 15 is 0 Å². The number of likely N-dealkylation sites (tertiary alicyclic amines) is 1. The van der Waals surface area contributed by atoms with Gasteiger partial charge in [-0.2, -0.15) is 4.31 Å². The van der Waals surface area contributed by atoms with Crippen molar-refractivity contribution in [1.82, 2.24) is 19.4 Å². The summed E-state index contributed by atoms with van der Waals surface area (Å²) in [5.41, 5.74) is 0.785. The van der Waals surface area contributed by atoms with Crippen molar-refractivity contribution in [2.24, 2.45) is 10.9 Å². The molecular formula is C20H34IN5O2S. The Labute approximate surface area is 192 Å². The van der Waals surface area contributed by atoms with Crippen LogP contribution in [0.25, 0.3) is 0 Å². The predicted molar refractivity (Wildman–Crippen MR) is 128 cm³/mol. The van der Waals surface area contributed by atoms with E-state index in [1.807, 2.05) is 19.2 Å². The average Bonchev–Trinajstić information content (AvgIpc) is 2.70. The van der Waals surface area contributed by atoms with Gasteiger partial charge in [0.1, 0.15) is 0 Å². The summed E-state index contributed by atoms with van der Waals surface area (Å²) in [5.74, 6) is 1.60. The summed E-state index contributed by atoms with van der Waals surface area (Å²) in [7, 11) is 0.318. The van der Waals surface area contributed by atoms with E-state index in [2.05, 4.69) is 27.0 Å². The Morgan fingerprint density at radius 3 is 2.34 bits per heavy atom. The highest BCUT2D eigenvalue weighted by atomic mass is 127. The second-order valence-electron chi connectivity index (χ2n) is 7.89. The van der Waals surface area contributed by atoms with E-state index in [4.69, 9.17) is 0 Å². The molecule has 1 aromatic carbocycles. The van der Waals surface area contributed by atoms with Crippen molar-refractivity contribution in [2.45, 2.75) is 31.2 Å². The smallest absolute Gasteiger partial charge is 0.243 e. The summed E-state index contributed by atoms with van der Waals surface area (Å²) < 4.78 is 28.0. The van der Waals surface area contributed by atoms with Crippen LogP contribution in [0.2, 0.25) is 0 Å². The molecular weight excluding hydrogens is 501 g/mol. The van der Waals surface area contributed by atoms with Gasteiger partial charge in [0.15, 0.2) is 5.96 Å². The molecule has 0 saturated carbocycles. The number of piperazine rings is 1. The molecule has 1 aromatic rings. The second-order valence-corrected chi connectivity index (χ2v) is 9.79. The van der Waals surface area contributed by atoms with Gasteiger partial charge in [-0.25, -0.2) is 8.42 Å². The molecule has 0 aromatic heterocycles. The van der Waals surface area contributed by atoms with Crippen molar-refractivity contribution in [3.63, 3.8) is 0 Å². The number of aliphatic imine (C=N–C) groups is 1. The van der Waals surface area contributed by atoms with E-state index in [-0.39, 0.29) is 24.0 Å². The van der Waals surface area contributed by atoms with Crippen LogP contribution >= 0.6 is 24.0 Å². The highest BCUT2D eigenvalue weighted by Gasteiger charge is 2.29. The highest BCUT2D eigenvalue weighted by molar-refractivity contribution is 14.0. The van der Waals surface area contributed by atoms with Crippen LogP contribution in [0.3, 0.4) is 0 Å². The molecule has 29 heavy (non-hydrogen) atoms. The fourth-order valence-corrected chi connectivity index (χ4v) is 5.44. The quantitative estimate of drug-likeness (QED) is 0.363. The lowest BCUT2D eigenvalue weighted by Crippen LogP contribution is -2.47. The minimum Gasteiger partial charge on any atom is -0.352 e. The summed E-state index contributed by atoms with van der Waals surface area (Å²) in [5, 5.41) is 3.38. The number of likely N-dealkylation sites (N-methyl/N-ethyl adjacent to an activating group) is 1. The molecule has 0 atom stereocenters. The summed E-state index contributed by atoms with van der Waals surface area (Å²) in [6.07, 6.45) is 2.32. The Kier molecular flexibility index (Phi) is 9.17. The monoisotopic (exact) mass is 535 g/mol. The topological polar surface area (TPSA) is 68.2 Å². The Bertz CT molecular complexity index is 786. The number of rotatable bonds is 4. The molecule has 0 bridgehead atoms. The Morgan fingerprint density at radius 1 is 1.10 bits per heavy atom. The van der Waals surface area contributed by atoms with Crippen LogP contribution in [-0.4, -0.2) is 81.8 Å². The molecule has 2 aliphatic rings. The summed E-state index contributed by atoms with van der Waals surface area (Å²) in [6.45, 7) is 7.31. The molecule has 2 fully saturated rings. The van der Waals surface area contributed by atoms with Crippen molar-refractivity contribution in [2.75, 3.05) is 53.4 Å². The van der Waals surface area contributed by atoms with E-state index in [1.54, 1.807) is 23.5 Å². The van der Waals surface area contributed by atoms with Crippen LogP contribution in [0.15, 0.2) is 34.2 Å². The first-order valence-electron chi connectivity index (χ1n) is 10.1. The van der Waals surface area contributed by atoms with E-state index < -0.39 is 10.0 Å². The Hall–Kier alpha value is -0.910. The van der Waals surface area contributed by atoms with Gasteiger partial charge in [0.05, 0.1) is 4.90 Å². The summed E-state index contributed by atoms with van der Waals surface area (Å²) >= 11 is 0. The predicted octanol–water partition coefficient (Wildman–Crippen LogP) is 2.05. The van der Waals surface area contributed by atoms with Gasteiger partial charge in [-0.05, 0) is 37.4 Å². The van der Waals surface area contributed by atoms with Crippen LogP contribution < -0.4 is 5.32 Å². The molecule has 2 saturated heterocycles. The van der Waals surface area contributed by atoms with Crippen LogP contribution in [-0.2, 0) is 16.6 Å². The van der Waals surface area contributed by atoms with Gasteiger partial charge in [0.2, 0.25) is 10.0 Å². The van der Waals surface area contributed by atoms with Crippen LogP contribution in [0.4, 0.5) is 0 Å². The molecule has 3 rings (SSSR count). The maximum atomic E-state index is 13.2. The molecule has 0 unspecified atom stereocenters. The van der Waals surface area contributed by atoms with E-state index in [1.165, 1.54) is 0 Å². The molecule has 0 aliphatic carbocycles. The molecule has 9 heteroatoms. The molecule has 0 amide bonds. The first-order chi connectivity index (χ1) is 13.4. The number of nitrogens with one attached hydrogen (secondary N) is 1. The maximum Gasteiger partial charge on any atom is 0.243 e. The normalized spacial score (nSPS) is 20.4. The van der Waals surface area contributed by atoms with Crippen molar-refractivity contribution in [3.05, 3.63) is 29.8 Å². The largest absolute Gasteiger partial charge is 0.352 e. The number of piperidine rings is 1. The number of guanidine groups is 1. The number of hydrogen-bond acceptors (Lipinski definition) is 4. The third kappa shape index (κ3) is 6.05. The lowest BCUT2D eigenvalue weighted by Gasteiger charge is -2.33. The number of halogens is 1. The van der Waals surface area contributed by atoms with Crippen molar-refractivity contribution in [3.8, 4) is 0 Å². The summed E-state index contributed by atoms with van der Waals surface area (Å²) in [4.78, 5) is 9.22. The van der Waals surface area contributed by atoms with Crippen LogP contribution in [0.1, 0.15) is 25.3 Å². The fourth-order valence-electron chi connectivity index (χ4n) is 3.80. The zero-order chi connectivity index (χ0) is 20.1. The van der Waals surface area contributed by atoms with Gasteiger partial charge in [0, 0.05) is 52.9 Å². The Morgan fingerprint density at radius 2 is 1.72 bits per heavy atom. The number of hydrogen-bond donors (Lipinski definition) is 1. The van der Waals surface area contributed by atoms with Crippen LogP contribution in [0.5, 0.6) is 0 Å². The number of nitrogens with zero attached hydrogens (tertiary/aromatic N) is 4. The van der Waals surface area contributed by atoms with Crippen LogP contribution in [0, 0.1) is 5.92 Å². The van der Waals surface area contributed by atoms with Crippen molar-refractivity contribution >= 4 is 40.0 Å². The molecule has 1 N–H and O–H groups in total. The van der Waals surface area contributed by atoms with E-state index in [0.29, 0.717) is 24.5 Å². The maximum absolute atomic E-state index is 13.2. The molecule has 0 radical (unpaired) electrons. The lowest BCUT2D eigenvalue weighted by molar-refractivity contribution is 0.222. The Balaban J connectivity index is 0.00000300. The van der Waals surface area contributed by atoms with E-state index in [9.17, 15) is 8.42 Å². The van der Waals surface area contributed by atoms with Crippen molar-refractivity contribution in [1.29, 1.82) is 0 Å². The van der Waals surface area contributed by atoms with Gasteiger partial charge in [0.25, 0.3) is 0 Å².